The van der Waals surface area contributed by atoms with Gasteiger partial charge in [-0.15, -0.1) is 0 Å². The van der Waals surface area contributed by atoms with E-state index in [2.05, 4.69) is 10.2 Å². The van der Waals surface area contributed by atoms with E-state index in [1.54, 1.807) is 36.2 Å². The van der Waals surface area contributed by atoms with Gasteiger partial charge in [-0.3, -0.25) is 9.89 Å². The molecule has 20 heavy (non-hydrogen) atoms. The maximum atomic E-state index is 12.5. The van der Waals surface area contributed by atoms with Crippen LogP contribution in [0.3, 0.4) is 0 Å². The Morgan fingerprint density at radius 1 is 1.45 bits per heavy atom. The molecule has 1 fully saturated rings. The summed E-state index contributed by atoms with van der Waals surface area (Å²) in [5, 5.41) is 16.8. The lowest BCUT2D eigenvalue weighted by molar-refractivity contribution is -0.141. The van der Waals surface area contributed by atoms with Gasteiger partial charge in [0.2, 0.25) is 0 Å². The highest BCUT2D eigenvalue weighted by Crippen LogP contribution is 2.21. The molecule has 1 saturated heterocycles. The van der Waals surface area contributed by atoms with E-state index < -0.39 is 12.0 Å². The monoisotopic (exact) mass is 291 g/mol. The minimum absolute atomic E-state index is 0.235. The van der Waals surface area contributed by atoms with Crippen LogP contribution < -0.4 is 0 Å². The molecule has 1 amide bonds. The first-order valence-electron chi connectivity index (χ1n) is 6.21. The molecule has 1 aromatic carbocycles. The third-order valence-electron chi connectivity index (χ3n) is 3.36. The number of fused-ring (bicyclic) bond motifs is 1. The molecule has 2 aromatic rings. The molecule has 1 aliphatic rings. The summed E-state index contributed by atoms with van der Waals surface area (Å²) in [6, 6.07) is 4.47. The van der Waals surface area contributed by atoms with E-state index in [1.807, 2.05) is 0 Å². The quantitative estimate of drug-likeness (QED) is 0.868. The van der Waals surface area contributed by atoms with Crippen molar-refractivity contribution in [2.75, 3.05) is 18.1 Å². The van der Waals surface area contributed by atoms with Gasteiger partial charge in [-0.2, -0.15) is 16.9 Å². The molecule has 1 aliphatic heterocycles. The van der Waals surface area contributed by atoms with E-state index >= 15 is 0 Å². The second-order valence-corrected chi connectivity index (χ2v) is 5.75. The highest BCUT2D eigenvalue weighted by molar-refractivity contribution is 7.99. The molecule has 0 bridgehead atoms. The lowest BCUT2D eigenvalue weighted by Gasteiger charge is -2.32. The molecule has 1 aromatic heterocycles. The molecule has 0 radical (unpaired) electrons. The number of carbonyl (C=O) groups excluding carboxylic acids is 1. The Balaban J connectivity index is 1.91. The van der Waals surface area contributed by atoms with Gasteiger partial charge in [0.25, 0.3) is 5.91 Å². The Morgan fingerprint density at radius 2 is 2.30 bits per heavy atom. The van der Waals surface area contributed by atoms with E-state index in [-0.39, 0.29) is 5.91 Å². The summed E-state index contributed by atoms with van der Waals surface area (Å²) in [6.45, 7) is 0.462. The standard InChI is InChI=1S/C13H13N3O3S/c17-12(16-3-4-20-7-11(16)13(18)19)8-1-2-10-9(5-8)6-14-15-10/h1-2,5-6,11H,3-4,7H2,(H,14,15)(H,18,19). The van der Waals surface area contributed by atoms with Crippen molar-refractivity contribution in [1.82, 2.24) is 15.1 Å². The maximum Gasteiger partial charge on any atom is 0.327 e. The number of carboxylic acid groups (broad SMARTS) is 1. The van der Waals surface area contributed by atoms with Crippen LogP contribution in [-0.4, -0.2) is 56.2 Å². The summed E-state index contributed by atoms with van der Waals surface area (Å²) < 4.78 is 0. The van der Waals surface area contributed by atoms with Crippen molar-refractivity contribution in [3.8, 4) is 0 Å². The number of carboxylic acids is 1. The molecule has 2 heterocycles. The molecule has 7 heteroatoms. The van der Waals surface area contributed by atoms with Gasteiger partial charge in [-0.25, -0.2) is 4.79 Å². The van der Waals surface area contributed by atoms with Gasteiger partial charge in [0.15, 0.2) is 0 Å². The third-order valence-corrected chi connectivity index (χ3v) is 4.38. The molecule has 1 atom stereocenters. The van der Waals surface area contributed by atoms with Crippen LogP contribution in [0, 0.1) is 0 Å². The molecule has 6 nitrogen and oxygen atoms in total. The minimum atomic E-state index is -0.949. The predicted octanol–water partition coefficient (Wildman–Crippen LogP) is 1.21. The number of benzene rings is 1. The van der Waals surface area contributed by atoms with E-state index in [0.29, 0.717) is 17.9 Å². The molecular weight excluding hydrogens is 278 g/mol. The highest BCUT2D eigenvalue weighted by Gasteiger charge is 2.32. The van der Waals surface area contributed by atoms with Crippen LogP contribution in [-0.2, 0) is 4.79 Å². The van der Waals surface area contributed by atoms with E-state index in [0.717, 1.165) is 16.7 Å². The van der Waals surface area contributed by atoms with Crippen molar-refractivity contribution in [3.63, 3.8) is 0 Å². The number of aromatic nitrogens is 2. The fourth-order valence-corrected chi connectivity index (χ4v) is 3.33. The summed E-state index contributed by atoms with van der Waals surface area (Å²) >= 11 is 1.56. The van der Waals surface area contributed by atoms with Crippen LogP contribution in [0.2, 0.25) is 0 Å². The van der Waals surface area contributed by atoms with Crippen LogP contribution in [0.25, 0.3) is 10.9 Å². The summed E-state index contributed by atoms with van der Waals surface area (Å²) in [7, 11) is 0. The minimum Gasteiger partial charge on any atom is -0.480 e. The normalized spacial score (nSPS) is 19.2. The average molecular weight is 291 g/mol. The topological polar surface area (TPSA) is 86.3 Å². The summed E-state index contributed by atoms with van der Waals surface area (Å²) in [6.07, 6.45) is 1.65. The lowest BCUT2D eigenvalue weighted by atomic mass is 10.1. The molecule has 1 unspecified atom stereocenters. The number of rotatable bonds is 2. The van der Waals surface area contributed by atoms with Crippen molar-refractivity contribution in [2.24, 2.45) is 0 Å². The zero-order valence-corrected chi connectivity index (χ0v) is 11.4. The van der Waals surface area contributed by atoms with Crippen molar-refractivity contribution in [1.29, 1.82) is 0 Å². The first-order valence-corrected chi connectivity index (χ1v) is 7.37. The van der Waals surface area contributed by atoms with Crippen molar-refractivity contribution >= 4 is 34.5 Å². The Hall–Kier alpha value is -2.02. The molecule has 3 rings (SSSR count). The van der Waals surface area contributed by atoms with Gasteiger partial charge in [-0.1, -0.05) is 0 Å². The number of hydrogen-bond donors (Lipinski definition) is 2. The third kappa shape index (κ3) is 2.24. The zero-order valence-electron chi connectivity index (χ0n) is 10.6. The van der Waals surface area contributed by atoms with Gasteiger partial charge in [0.05, 0.1) is 11.7 Å². The number of nitrogens with zero attached hydrogens (tertiary/aromatic N) is 2. The SMILES string of the molecule is O=C(O)C1CSCCN1C(=O)c1ccc2[nH]ncc2c1. The first-order chi connectivity index (χ1) is 9.66. The summed E-state index contributed by atoms with van der Waals surface area (Å²) in [5.74, 6) is 0.0223. The smallest absolute Gasteiger partial charge is 0.327 e. The number of aliphatic carboxylic acids is 1. The number of H-pyrrole nitrogens is 1. The van der Waals surface area contributed by atoms with Crippen molar-refractivity contribution in [2.45, 2.75) is 6.04 Å². The van der Waals surface area contributed by atoms with E-state index in [1.165, 1.54) is 4.90 Å². The number of nitrogens with one attached hydrogen (secondary N) is 1. The summed E-state index contributed by atoms with van der Waals surface area (Å²) in [4.78, 5) is 25.2. The average Bonchev–Trinajstić information content (AvgIpc) is 2.93. The van der Waals surface area contributed by atoms with Gasteiger partial charge in [0.1, 0.15) is 6.04 Å². The molecule has 0 saturated carbocycles. The van der Waals surface area contributed by atoms with Crippen LogP contribution in [0.5, 0.6) is 0 Å². The lowest BCUT2D eigenvalue weighted by Crippen LogP contribution is -2.50. The fourth-order valence-electron chi connectivity index (χ4n) is 2.29. The Kier molecular flexibility index (Phi) is 3.35. The molecule has 2 N–H and O–H groups in total. The molecule has 0 spiro atoms. The van der Waals surface area contributed by atoms with Crippen LogP contribution >= 0.6 is 11.8 Å². The van der Waals surface area contributed by atoms with Gasteiger partial charge in [0, 0.05) is 29.0 Å². The Bertz CT molecular complexity index is 670. The fraction of sp³-hybridized carbons (Fsp3) is 0.308. The number of carbonyl (C=O) groups is 2. The molecular formula is C13H13N3O3S. The Morgan fingerprint density at radius 3 is 3.10 bits per heavy atom. The van der Waals surface area contributed by atoms with Gasteiger partial charge < -0.3 is 10.0 Å². The highest BCUT2D eigenvalue weighted by atomic mass is 32.2. The largest absolute Gasteiger partial charge is 0.480 e. The second kappa shape index (κ2) is 5.16. The zero-order chi connectivity index (χ0) is 14.1. The number of thioether (sulfide) groups is 1. The number of aromatic amines is 1. The second-order valence-electron chi connectivity index (χ2n) is 4.60. The van der Waals surface area contributed by atoms with Crippen LogP contribution in [0.1, 0.15) is 10.4 Å². The van der Waals surface area contributed by atoms with Crippen molar-refractivity contribution in [3.05, 3.63) is 30.0 Å². The van der Waals surface area contributed by atoms with Crippen LogP contribution in [0.15, 0.2) is 24.4 Å². The Labute approximate surface area is 119 Å². The summed E-state index contributed by atoms with van der Waals surface area (Å²) in [5.41, 5.74) is 1.35. The number of hydrogen-bond acceptors (Lipinski definition) is 4. The molecule has 0 aliphatic carbocycles. The van der Waals surface area contributed by atoms with Gasteiger partial charge >= 0.3 is 5.97 Å². The van der Waals surface area contributed by atoms with Gasteiger partial charge in [-0.05, 0) is 18.2 Å². The van der Waals surface area contributed by atoms with E-state index in [9.17, 15) is 14.7 Å². The maximum absolute atomic E-state index is 12.5. The van der Waals surface area contributed by atoms with Crippen LogP contribution in [0.4, 0.5) is 0 Å². The first kappa shape index (κ1) is 13.0. The van der Waals surface area contributed by atoms with E-state index in [4.69, 9.17) is 0 Å². The number of amides is 1. The predicted molar refractivity (Wildman–Crippen MR) is 75.9 cm³/mol. The van der Waals surface area contributed by atoms with Crippen molar-refractivity contribution < 1.29 is 14.7 Å². The molecule has 104 valence electrons.